The van der Waals surface area contributed by atoms with E-state index < -0.39 is 0 Å². The number of para-hydroxylation sites is 1. The van der Waals surface area contributed by atoms with Crippen molar-refractivity contribution in [1.82, 2.24) is 19.6 Å². The first-order valence-corrected chi connectivity index (χ1v) is 9.48. The van der Waals surface area contributed by atoms with Crippen LogP contribution in [0.5, 0.6) is 0 Å². The number of benzene rings is 1. The first kappa shape index (κ1) is 16.8. The molecule has 25 heavy (non-hydrogen) atoms. The molecule has 2 aliphatic rings. The average Bonchev–Trinajstić information content (AvgIpc) is 3.12. The molecule has 5 heteroatoms. The molecule has 134 valence electrons. The molecule has 1 atom stereocenters. The van der Waals surface area contributed by atoms with Crippen LogP contribution >= 0.6 is 0 Å². The zero-order valence-corrected chi connectivity index (χ0v) is 14.9. The summed E-state index contributed by atoms with van der Waals surface area (Å²) in [4.78, 5) is 5.17. The van der Waals surface area contributed by atoms with E-state index >= 15 is 0 Å². The summed E-state index contributed by atoms with van der Waals surface area (Å²) in [6.45, 7) is 8.63. The summed E-state index contributed by atoms with van der Waals surface area (Å²) < 4.78 is 7.44. The Morgan fingerprint density at radius 3 is 2.72 bits per heavy atom. The standard InChI is InChI=1S/C20H28N4O/c1-2-6-20(7-3-1)24-17-19(13-21-24)16-23-8-4-5-18(15-23)14-22-9-11-25-12-10-22/h1-3,6-7,13,17-18H,4-5,8-12,14-16H2. The number of hydrogen-bond acceptors (Lipinski definition) is 4. The third-order valence-electron chi connectivity index (χ3n) is 5.29. The van der Waals surface area contributed by atoms with Gasteiger partial charge in [-0.3, -0.25) is 9.80 Å². The summed E-state index contributed by atoms with van der Waals surface area (Å²) in [6, 6.07) is 10.3. The van der Waals surface area contributed by atoms with E-state index in [2.05, 4.69) is 45.4 Å². The average molecular weight is 340 g/mol. The maximum Gasteiger partial charge on any atom is 0.0645 e. The second-order valence-corrected chi connectivity index (χ2v) is 7.29. The molecule has 1 aromatic carbocycles. The van der Waals surface area contributed by atoms with Gasteiger partial charge < -0.3 is 4.74 Å². The van der Waals surface area contributed by atoms with Crippen molar-refractivity contribution < 1.29 is 4.74 Å². The Morgan fingerprint density at radius 2 is 1.88 bits per heavy atom. The van der Waals surface area contributed by atoms with Gasteiger partial charge in [0.25, 0.3) is 0 Å². The van der Waals surface area contributed by atoms with Crippen LogP contribution in [0, 0.1) is 5.92 Å². The highest BCUT2D eigenvalue weighted by atomic mass is 16.5. The lowest BCUT2D eigenvalue weighted by molar-refractivity contribution is 0.0224. The maximum atomic E-state index is 5.47. The summed E-state index contributed by atoms with van der Waals surface area (Å²) in [5.74, 6) is 0.788. The molecule has 5 nitrogen and oxygen atoms in total. The van der Waals surface area contributed by atoms with Gasteiger partial charge in [0.05, 0.1) is 25.1 Å². The van der Waals surface area contributed by atoms with Crippen molar-refractivity contribution in [2.75, 3.05) is 45.9 Å². The molecule has 0 aliphatic carbocycles. The van der Waals surface area contributed by atoms with E-state index in [0.717, 1.165) is 44.5 Å². The van der Waals surface area contributed by atoms with E-state index in [0.29, 0.717) is 0 Å². The summed E-state index contributed by atoms with van der Waals surface area (Å²) in [7, 11) is 0. The Morgan fingerprint density at radius 1 is 1.04 bits per heavy atom. The summed E-state index contributed by atoms with van der Waals surface area (Å²) in [5.41, 5.74) is 2.42. The lowest BCUT2D eigenvalue weighted by atomic mass is 9.97. The van der Waals surface area contributed by atoms with Crippen LogP contribution < -0.4 is 0 Å². The molecule has 1 unspecified atom stereocenters. The van der Waals surface area contributed by atoms with Crippen LogP contribution in [0.4, 0.5) is 0 Å². The number of ether oxygens (including phenoxy) is 1. The van der Waals surface area contributed by atoms with Gasteiger partial charge >= 0.3 is 0 Å². The van der Waals surface area contributed by atoms with Gasteiger partial charge in [-0.25, -0.2) is 4.68 Å². The van der Waals surface area contributed by atoms with E-state index in [4.69, 9.17) is 4.74 Å². The van der Waals surface area contributed by atoms with Crippen molar-refractivity contribution in [3.05, 3.63) is 48.3 Å². The molecule has 4 rings (SSSR count). The fraction of sp³-hybridized carbons (Fsp3) is 0.550. The van der Waals surface area contributed by atoms with E-state index in [1.165, 1.54) is 38.0 Å². The maximum absolute atomic E-state index is 5.47. The summed E-state index contributed by atoms with van der Waals surface area (Å²) in [5, 5.41) is 4.53. The lowest BCUT2D eigenvalue weighted by Crippen LogP contribution is -2.44. The smallest absolute Gasteiger partial charge is 0.0645 e. The monoisotopic (exact) mass is 340 g/mol. The van der Waals surface area contributed by atoms with Crippen LogP contribution in [0.2, 0.25) is 0 Å². The second-order valence-electron chi connectivity index (χ2n) is 7.29. The van der Waals surface area contributed by atoms with Crippen LogP contribution in [0.25, 0.3) is 5.69 Å². The minimum atomic E-state index is 0.788. The molecule has 1 aromatic heterocycles. The molecule has 0 radical (unpaired) electrons. The number of morpholine rings is 1. The SMILES string of the molecule is c1ccc(-n2cc(CN3CCCC(CN4CCOCC4)C3)cn2)cc1. The van der Waals surface area contributed by atoms with Gasteiger partial charge in [-0.05, 0) is 37.4 Å². The molecule has 0 N–H and O–H groups in total. The van der Waals surface area contributed by atoms with Gasteiger partial charge in [-0.1, -0.05) is 18.2 Å². The van der Waals surface area contributed by atoms with Gasteiger partial charge in [0.1, 0.15) is 0 Å². The Labute approximate surface area is 150 Å². The van der Waals surface area contributed by atoms with E-state index in [-0.39, 0.29) is 0 Å². The third kappa shape index (κ3) is 4.48. The molecule has 2 aromatic rings. The first-order valence-electron chi connectivity index (χ1n) is 9.48. The fourth-order valence-electron chi connectivity index (χ4n) is 4.01. The largest absolute Gasteiger partial charge is 0.379 e. The number of rotatable bonds is 5. The molecule has 0 spiro atoms. The van der Waals surface area contributed by atoms with Crippen molar-refractivity contribution in [2.45, 2.75) is 19.4 Å². The minimum Gasteiger partial charge on any atom is -0.379 e. The Balaban J connectivity index is 1.32. The van der Waals surface area contributed by atoms with Gasteiger partial charge in [0.15, 0.2) is 0 Å². The normalized spacial score (nSPS) is 23.0. The number of piperidine rings is 1. The predicted molar refractivity (Wildman–Crippen MR) is 98.8 cm³/mol. The van der Waals surface area contributed by atoms with Gasteiger partial charge in [0, 0.05) is 44.5 Å². The molecule has 2 saturated heterocycles. The summed E-state index contributed by atoms with van der Waals surface area (Å²) >= 11 is 0. The minimum absolute atomic E-state index is 0.788. The van der Waals surface area contributed by atoms with Crippen LogP contribution in [0.1, 0.15) is 18.4 Å². The van der Waals surface area contributed by atoms with Crippen molar-refractivity contribution >= 4 is 0 Å². The zero-order chi connectivity index (χ0) is 16.9. The Bertz CT molecular complexity index is 651. The highest BCUT2D eigenvalue weighted by molar-refractivity contribution is 5.30. The number of nitrogens with zero attached hydrogens (tertiary/aromatic N) is 4. The predicted octanol–water partition coefficient (Wildman–Crippen LogP) is 2.42. The van der Waals surface area contributed by atoms with Gasteiger partial charge in [-0.2, -0.15) is 5.10 Å². The molecule has 3 heterocycles. The highest BCUT2D eigenvalue weighted by Crippen LogP contribution is 2.20. The van der Waals surface area contributed by atoms with Crippen molar-refractivity contribution in [1.29, 1.82) is 0 Å². The molecule has 2 aliphatic heterocycles. The number of likely N-dealkylation sites (tertiary alicyclic amines) is 1. The van der Waals surface area contributed by atoms with Crippen molar-refractivity contribution in [2.24, 2.45) is 5.92 Å². The second kappa shape index (κ2) is 8.13. The van der Waals surface area contributed by atoms with Crippen molar-refractivity contribution in [3.63, 3.8) is 0 Å². The number of aromatic nitrogens is 2. The van der Waals surface area contributed by atoms with E-state index in [1.54, 1.807) is 0 Å². The molecule has 0 saturated carbocycles. The first-order chi connectivity index (χ1) is 12.4. The lowest BCUT2D eigenvalue weighted by Gasteiger charge is -2.36. The van der Waals surface area contributed by atoms with Crippen LogP contribution in [-0.4, -0.2) is 65.5 Å². The Hall–Kier alpha value is -1.69. The quantitative estimate of drug-likeness (QED) is 0.837. The third-order valence-corrected chi connectivity index (χ3v) is 5.29. The molecule has 2 fully saturated rings. The molecular weight excluding hydrogens is 312 g/mol. The van der Waals surface area contributed by atoms with Crippen LogP contribution in [0.3, 0.4) is 0 Å². The Kier molecular flexibility index (Phi) is 5.45. The van der Waals surface area contributed by atoms with Gasteiger partial charge in [-0.15, -0.1) is 0 Å². The van der Waals surface area contributed by atoms with Crippen molar-refractivity contribution in [3.8, 4) is 5.69 Å². The van der Waals surface area contributed by atoms with Crippen LogP contribution in [0.15, 0.2) is 42.7 Å². The zero-order valence-electron chi connectivity index (χ0n) is 14.9. The molecular formula is C20H28N4O. The summed E-state index contributed by atoms with van der Waals surface area (Å²) in [6.07, 6.45) is 6.85. The fourth-order valence-corrected chi connectivity index (χ4v) is 4.01. The molecule has 0 amide bonds. The number of hydrogen-bond donors (Lipinski definition) is 0. The van der Waals surface area contributed by atoms with E-state index in [9.17, 15) is 0 Å². The van der Waals surface area contributed by atoms with Crippen LogP contribution in [-0.2, 0) is 11.3 Å². The van der Waals surface area contributed by atoms with E-state index in [1.807, 2.05) is 16.9 Å². The highest BCUT2D eigenvalue weighted by Gasteiger charge is 2.23. The van der Waals surface area contributed by atoms with Gasteiger partial charge in [0.2, 0.25) is 0 Å². The molecule has 0 bridgehead atoms. The topological polar surface area (TPSA) is 33.5 Å².